The maximum atomic E-state index is 12.9. The van der Waals surface area contributed by atoms with Crippen molar-refractivity contribution in [2.75, 3.05) is 23.7 Å². The number of fused-ring (bicyclic) bond motifs is 1. The predicted molar refractivity (Wildman–Crippen MR) is 129 cm³/mol. The number of rotatable bonds is 9. The number of amides is 1. The van der Waals surface area contributed by atoms with E-state index in [1.54, 1.807) is 0 Å². The summed E-state index contributed by atoms with van der Waals surface area (Å²) < 4.78 is 0. The van der Waals surface area contributed by atoms with Crippen LogP contribution in [0.25, 0.3) is 11.3 Å². The second kappa shape index (κ2) is 9.97. The number of benzene rings is 3. The van der Waals surface area contributed by atoms with E-state index in [-0.39, 0.29) is 18.1 Å². The molecular weight excluding hydrogens is 436 g/mol. The molecule has 34 heavy (non-hydrogen) atoms. The lowest BCUT2D eigenvalue weighted by atomic mass is 9.99. The molecule has 0 saturated heterocycles. The van der Waals surface area contributed by atoms with Crippen molar-refractivity contribution in [1.29, 1.82) is 0 Å². The van der Waals surface area contributed by atoms with Crippen LogP contribution in [0.4, 0.5) is 17.1 Å². The Morgan fingerprint density at radius 2 is 1.76 bits per heavy atom. The van der Waals surface area contributed by atoms with E-state index in [1.807, 2.05) is 54.6 Å². The highest BCUT2D eigenvalue weighted by atomic mass is 16.6. The molecule has 0 radical (unpaired) electrons. The number of carbonyl (C=O) groups is 2. The maximum absolute atomic E-state index is 12.9. The fraction of sp³-hybridized carbons (Fsp3) is 0.120. The number of nitrogens with one attached hydrogen (secondary N) is 3. The first-order valence-corrected chi connectivity index (χ1v) is 10.6. The van der Waals surface area contributed by atoms with Crippen LogP contribution in [0.15, 0.2) is 72.8 Å². The predicted octanol–water partition coefficient (Wildman–Crippen LogP) is 3.74. The van der Waals surface area contributed by atoms with Crippen LogP contribution in [-0.4, -0.2) is 35.0 Å². The van der Waals surface area contributed by atoms with Gasteiger partial charge in [-0.25, -0.2) is 0 Å². The summed E-state index contributed by atoms with van der Waals surface area (Å²) in [5.41, 5.74) is 4.27. The topological polar surface area (TPSA) is 134 Å². The van der Waals surface area contributed by atoms with Gasteiger partial charge in [0.2, 0.25) is 0 Å². The van der Waals surface area contributed by atoms with Crippen molar-refractivity contribution in [3.8, 4) is 0 Å². The Morgan fingerprint density at radius 3 is 2.44 bits per heavy atom. The summed E-state index contributed by atoms with van der Waals surface area (Å²) in [5, 5.41) is 29.0. The van der Waals surface area contributed by atoms with E-state index < -0.39 is 10.9 Å². The molecule has 9 nitrogen and oxygen atoms in total. The molecule has 1 aliphatic rings. The average molecular weight is 458 g/mol. The summed E-state index contributed by atoms with van der Waals surface area (Å²) in [6, 6.07) is 21.2. The summed E-state index contributed by atoms with van der Waals surface area (Å²) in [6.45, 7) is 0.448. The molecule has 0 bridgehead atoms. The van der Waals surface area contributed by atoms with Crippen LogP contribution >= 0.6 is 0 Å². The van der Waals surface area contributed by atoms with Crippen molar-refractivity contribution in [3.05, 3.63) is 99.6 Å². The van der Waals surface area contributed by atoms with E-state index in [9.17, 15) is 19.7 Å². The Kier molecular flexibility index (Phi) is 6.65. The first kappa shape index (κ1) is 22.7. The van der Waals surface area contributed by atoms with Crippen LogP contribution in [0.5, 0.6) is 0 Å². The fourth-order valence-corrected chi connectivity index (χ4v) is 3.73. The minimum Gasteiger partial charge on any atom is -0.480 e. The zero-order valence-electron chi connectivity index (χ0n) is 18.1. The van der Waals surface area contributed by atoms with Crippen molar-refractivity contribution >= 4 is 40.2 Å². The molecule has 3 aromatic rings. The smallest absolute Gasteiger partial charge is 0.317 e. The molecule has 0 atom stereocenters. The highest BCUT2D eigenvalue weighted by Crippen LogP contribution is 2.39. The lowest BCUT2D eigenvalue weighted by Crippen LogP contribution is -2.24. The largest absolute Gasteiger partial charge is 0.480 e. The van der Waals surface area contributed by atoms with Gasteiger partial charge < -0.3 is 21.1 Å². The second-order valence-electron chi connectivity index (χ2n) is 7.70. The number of nitrogens with zero attached hydrogens (tertiary/aromatic N) is 1. The third kappa shape index (κ3) is 5.11. The Labute approximate surface area is 195 Å². The van der Waals surface area contributed by atoms with Gasteiger partial charge in [-0.3, -0.25) is 19.7 Å². The number of carboxylic acid groups (broad SMARTS) is 1. The molecule has 0 aliphatic carbocycles. The van der Waals surface area contributed by atoms with Crippen molar-refractivity contribution in [2.45, 2.75) is 6.42 Å². The number of nitro groups is 1. The summed E-state index contributed by atoms with van der Waals surface area (Å²) in [5.74, 6) is -1.24. The Morgan fingerprint density at radius 1 is 1.03 bits per heavy atom. The average Bonchev–Trinajstić information content (AvgIpc) is 3.16. The van der Waals surface area contributed by atoms with E-state index in [1.165, 1.54) is 18.2 Å². The maximum Gasteiger partial charge on any atom is 0.317 e. The summed E-state index contributed by atoms with van der Waals surface area (Å²) in [7, 11) is 0. The molecule has 0 unspecified atom stereocenters. The lowest BCUT2D eigenvalue weighted by molar-refractivity contribution is -0.384. The molecule has 0 spiro atoms. The Hall–Kier alpha value is -4.50. The first-order chi connectivity index (χ1) is 16.4. The molecular formula is C25H22N4O5. The van der Waals surface area contributed by atoms with Crippen molar-refractivity contribution in [1.82, 2.24) is 5.32 Å². The Balaban J connectivity index is 1.66. The van der Waals surface area contributed by atoms with Gasteiger partial charge in [-0.1, -0.05) is 42.5 Å². The molecule has 172 valence electrons. The molecule has 1 heterocycles. The van der Waals surface area contributed by atoms with Crippen molar-refractivity contribution in [2.24, 2.45) is 0 Å². The third-order valence-corrected chi connectivity index (χ3v) is 5.36. The fourth-order valence-electron chi connectivity index (χ4n) is 3.73. The molecule has 4 rings (SSSR count). The summed E-state index contributed by atoms with van der Waals surface area (Å²) in [6.07, 6.45) is 0.666. The molecule has 0 aromatic heterocycles. The van der Waals surface area contributed by atoms with Gasteiger partial charge in [-0.15, -0.1) is 0 Å². The molecule has 1 amide bonds. The van der Waals surface area contributed by atoms with Gasteiger partial charge in [0.25, 0.3) is 11.6 Å². The number of hydrogen-bond donors (Lipinski definition) is 4. The Bertz CT molecular complexity index is 1270. The molecule has 4 N–H and O–H groups in total. The van der Waals surface area contributed by atoms with Gasteiger partial charge in [0.1, 0.15) is 0 Å². The number of hydrogen-bond acceptors (Lipinski definition) is 6. The van der Waals surface area contributed by atoms with Gasteiger partial charge in [-0.05, 0) is 42.3 Å². The summed E-state index contributed by atoms with van der Waals surface area (Å²) in [4.78, 5) is 34.4. The van der Waals surface area contributed by atoms with E-state index in [4.69, 9.17) is 5.11 Å². The second-order valence-corrected chi connectivity index (χ2v) is 7.70. The van der Waals surface area contributed by atoms with Crippen LogP contribution in [0.1, 0.15) is 16.7 Å². The molecule has 3 aromatic carbocycles. The van der Waals surface area contributed by atoms with Gasteiger partial charge in [-0.2, -0.15) is 0 Å². The molecule has 0 saturated carbocycles. The number of carbonyl (C=O) groups excluding carboxylic acids is 1. The normalized spacial score (nSPS) is 13.7. The standard InChI is InChI=1S/C25H22N4O5/c30-22(31)15-26-13-12-16-6-8-18(9-7-16)27-24(17-4-2-1-3-5-17)23-20-14-19(29(33)34)10-11-21(20)28-25(23)32/h1-11,14,26-27H,12-13,15H2,(H,28,32)(H,30,31)/b24-23-. The highest BCUT2D eigenvalue weighted by molar-refractivity contribution is 6.37. The third-order valence-electron chi connectivity index (χ3n) is 5.36. The minimum atomic E-state index is -0.899. The lowest BCUT2D eigenvalue weighted by Gasteiger charge is -2.15. The van der Waals surface area contributed by atoms with E-state index in [2.05, 4.69) is 16.0 Å². The number of anilines is 2. The monoisotopic (exact) mass is 458 g/mol. The number of aliphatic carboxylic acids is 1. The van der Waals surface area contributed by atoms with Gasteiger partial charge >= 0.3 is 5.97 Å². The van der Waals surface area contributed by atoms with Crippen LogP contribution in [0.2, 0.25) is 0 Å². The minimum absolute atomic E-state index is 0.0880. The molecule has 9 heteroatoms. The quantitative estimate of drug-likeness (QED) is 0.166. The van der Waals surface area contributed by atoms with E-state index in [0.29, 0.717) is 35.5 Å². The molecule has 0 fully saturated rings. The number of carboxylic acids is 1. The van der Waals surface area contributed by atoms with Gasteiger partial charge in [0.05, 0.1) is 22.7 Å². The van der Waals surface area contributed by atoms with E-state index >= 15 is 0 Å². The number of non-ortho nitro benzene ring substituents is 1. The van der Waals surface area contributed by atoms with E-state index in [0.717, 1.165) is 16.8 Å². The van der Waals surface area contributed by atoms with Gasteiger partial charge in [0.15, 0.2) is 0 Å². The first-order valence-electron chi connectivity index (χ1n) is 10.6. The van der Waals surface area contributed by atoms with Crippen LogP contribution in [-0.2, 0) is 16.0 Å². The molecule has 1 aliphatic heterocycles. The van der Waals surface area contributed by atoms with Crippen LogP contribution < -0.4 is 16.0 Å². The van der Waals surface area contributed by atoms with Gasteiger partial charge in [0, 0.05) is 29.1 Å². The zero-order valence-corrected chi connectivity index (χ0v) is 18.1. The van der Waals surface area contributed by atoms with Crippen LogP contribution in [0.3, 0.4) is 0 Å². The summed E-state index contributed by atoms with van der Waals surface area (Å²) >= 11 is 0. The zero-order chi connectivity index (χ0) is 24.1. The van der Waals surface area contributed by atoms with Crippen molar-refractivity contribution < 1.29 is 19.6 Å². The highest BCUT2D eigenvalue weighted by Gasteiger charge is 2.30. The van der Waals surface area contributed by atoms with Crippen LogP contribution in [0, 0.1) is 10.1 Å². The van der Waals surface area contributed by atoms with Crippen molar-refractivity contribution in [3.63, 3.8) is 0 Å². The SMILES string of the molecule is O=C(O)CNCCc1ccc(N/C(=C2\C(=O)Nc3ccc([N+](=O)[O-])cc32)c2ccccc2)cc1. The number of nitro benzene ring substituents is 1.